The molecule has 3 aromatic rings. The average molecular weight is 490 g/mol. The van der Waals surface area contributed by atoms with Gasteiger partial charge in [-0.15, -0.1) is 0 Å². The number of hydrogen-bond donors (Lipinski definition) is 2. The Hall–Kier alpha value is -4.44. The molecule has 0 saturated carbocycles. The van der Waals surface area contributed by atoms with Crippen LogP contribution in [0.2, 0.25) is 0 Å². The fraction of sp³-hybridized carbons (Fsp3) is 0.231. The molecule has 10 nitrogen and oxygen atoms in total. The Bertz CT molecular complexity index is 1390. The molecule has 2 aromatic carbocycles. The molecule has 0 atom stereocenters. The quantitative estimate of drug-likeness (QED) is 0.471. The average Bonchev–Trinajstić information content (AvgIpc) is 3.11. The molecule has 3 N–H and O–H groups in total. The number of methoxy groups -OCH3 is 1. The maximum atomic E-state index is 13.5. The van der Waals surface area contributed by atoms with Gasteiger partial charge in [-0.1, -0.05) is 55.1 Å². The number of hydrogen-bond acceptors (Lipinski definition) is 6. The highest BCUT2D eigenvalue weighted by Crippen LogP contribution is 2.31. The summed E-state index contributed by atoms with van der Waals surface area (Å²) in [4.78, 5) is 56.6. The van der Waals surface area contributed by atoms with Gasteiger partial charge in [-0.2, -0.15) is 0 Å². The molecule has 1 aliphatic rings. The van der Waals surface area contributed by atoms with Gasteiger partial charge in [0.1, 0.15) is 5.82 Å². The molecule has 10 heteroatoms. The van der Waals surface area contributed by atoms with Gasteiger partial charge in [0.15, 0.2) is 5.69 Å². The number of rotatable bonds is 9. The molecular formula is C26H27N5O5. The summed E-state index contributed by atoms with van der Waals surface area (Å²) in [5.74, 6) is -0.813. The number of fused-ring (bicyclic) bond motifs is 1. The molecule has 0 fully saturated rings. The highest BCUT2D eigenvalue weighted by Gasteiger charge is 2.32. The van der Waals surface area contributed by atoms with Crippen LogP contribution in [0.3, 0.4) is 0 Å². The van der Waals surface area contributed by atoms with Gasteiger partial charge in [-0.3, -0.25) is 23.9 Å². The third-order valence-electron chi connectivity index (χ3n) is 6.08. The molecule has 0 saturated heterocycles. The summed E-state index contributed by atoms with van der Waals surface area (Å²) in [5.41, 5.74) is 7.19. The van der Waals surface area contributed by atoms with E-state index in [1.54, 1.807) is 12.1 Å². The van der Waals surface area contributed by atoms with E-state index in [2.05, 4.69) is 11.6 Å². The number of aromatic nitrogens is 2. The van der Waals surface area contributed by atoms with Gasteiger partial charge in [0.2, 0.25) is 5.91 Å². The first kappa shape index (κ1) is 24.7. The van der Waals surface area contributed by atoms with Crippen molar-refractivity contribution in [3.8, 4) is 0 Å². The van der Waals surface area contributed by atoms with E-state index in [0.29, 0.717) is 11.3 Å². The van der Waals surface area contributed by atoms with E-state index in [9.17, 15) is 19.2 Å². The predicted molar refractivity (Wildman–Crippen MR) is 136 cm³/mol. The van der Waals surface area contributed by atoms with Crippen LogP contribution in [0, 0.1) is 0 Å². The summed E-state index contributed by atoms with van der Waals surface area (Å²) in [6, 6.07) is 16.2. The van der Waals surface area contributed by atoms with Crippen molar-refractivity contribution in [2.45, 2.75) is 19.5 Å². The molecule has 2 amide bonds. The number of nitrogen functional groups attached to an aromatic ring is 1. The summed E-state index contributed by atoms with van der Waals surface area (Å²) in [6.07, 6.45) is -0.0956. The van der Waals surface area contributed by atoms with Gasteiger partial charge in [-0.05, 0) is 11.6 Å². The first-order chi connectivity index (χ1) is 17.3. The Morgan fingerprint density at radius 1 is 1.03 bits per heavy atom. The number of H-pyrrole nitrogens is 1. The zero-order chi connectivity index (χ0) is 25.8. The Kier molecular flexibility index (Phi) is 7.16. The van der Waals surface area contributed by atoms with Crippen molar-refractivity contribution in [2.24, 2.45) is 0 Å². The van der Waals surface area contributed by atoms with Crippen LogP contribution in [0.25, 0.3) is 5.70 Å². The Balaban J connectivity index is 1.65. The van der Waals surface area contributed by atoms with Crippen molar-refractivity contribution in [3.63, 3.8) is 0 Å². The van der Waals surface area contributed by atoms with Crippen molar-refractivity contribution in [1.82, 2.24) is 14.5 Å². The molecule has 0 bridgehead atoms. The van der Waals surface area contributed by atoms with Gasteiger partial charge < -0.3 is 20.3 Å². The van der Waals surface area contributed by atoms with Gasteiger partial charge in [0.05, 0.1) is 19.7 Å². The van der Waals surface area contributed by atoms with Gasteiger partial charge >= 0.3 is 5.69 Å². The maximum Gasteiger partial charge on any atom is 0.330 e. The second kappa shape index (κ2) is 10.4. The zero-order valence-corrected chi connectivity index (χ0v) is 19.9. The number of carbonyl (C=O) groups excluding carboxylic acids is 2. The monoisotopic (exact) mass is 489 g/mol. The van der Waals surface area contributed by atoms with E-state index < -0.39 is 17.2 Å². The smallest absolute Gasteiger partial charge is 0.330 e. The van der Waals surface area contributed by atoms with Crippen LogP contribution in [0.15, 0.2) is 70.8 Å². The van der Waals surface area contributed by atoms with E-state index in [1.807, 2.05) is 42.5 Å². The normalized spacial score (nSPS) is 12.6. The van der Waals surface area contributed by atoms with Crippen LogP contribution >= 0.6 is 0 Å². The number of nitrogens with one attached hydrogen (secondary N) is 1. The second-order valence-corrected chi connectivity index (χ2v) is 8.30. The van der Waals surface area contributed by atoms with Gasteiger partial charge in [0.25, 0.3) is 11.5 Å². The summed E-state index contributed by atoms with van der Waals surface area (Å²) in [6.45, 7) is 4.40. The van der Waals surface area contributed by atoms with Crippen LogP contribution < -0.4 is 21.9 Å². The molecule has 2 heterocycles. The highest BCUT2D eigenvalue weighted by atomic mass is 16.5. The number of carbonyl (C=O) groups is 2. The van der Waals surface area contributed by atoms with E-state index in [-0.39, 0.29) is 50.1 Å². The summed E-state index contributed by atoms with van der Waals surface area (Å²) in [7, 11) is 1.48. The van der Waals surface area contributed by atoms with E-state index in [0.717, 1.165) is 15.7 Å². The standard InChI is InChI=1S/C26H27N5O5/c1-17-19-10-6-7-11-20(19)25(34)29(17)13-12-21(32)31(16-18-8-4-3-5-9-18)22-23(27)30(14-15-36-2)26(35)28-24(22)33/h3-11H,1,12-16,27H2,2H3,(H,28,33,35). The predicted octanol–water partition coefficient (Wildman–Crippen LogP) is 1.82. The first-order valence-corrected chi connectivity index (χ1v) is 11.4. The Morgan fingerprint density at radius 3 is 2.36 bits per heavy atom. The number of ether oxygens (including phenoxy) is 1. The SMILES string of the molecule is C=C1c2ccccc2C(=O)N1CCC(=O)N(Cc1ccccc1)c1c(N)n(CCOC)c(=O)[nH]c1=O. The molecule has 186 valence electrons. The van der Waals surface area contributed by atoms with Crippen LogP contribution in [-0.4, -0.2) is 46.5 Å². The third kappa shape index (κ3) is 4.71. The molecule has 36 heavy (non-hydrogen) atoms. The van der Waals surface area contributed by atoms with Crippen LogP contribution in [0.5, 0.6) is 0 Å². The number of nitrogens with zero attached hydrogens (tertiary/aromatic N) is 3. The minimum absolute atomic E-state index is 0.0462. The molecule has 1 aromatic heterocycles. The van der Waals surface area contributed by atoms with E-state index >= 15 is 0 Å². The Morgan fingerprint density at radius 2 is 1.69 bits per heavy atom. The molecular weight excluding hydrogens is 462 g/mol. The lowest BCUT2D eigenvalue weighted by molar-refractivity contribution is -0.118. The maximum absolute atomic E-state index is 13.5. The lowest BCUT2D eigenvalue weighted by atomic mass is 10.1. The van der Waals surface area contributed by atoms with Crippen molar-refractivity contribution < 1.29 is 14.3 Å². The highest BCUT2D eigenvalue weighted by molar-refractivity contribution is 6.09. The lowest BCUT2D eigenvalue weighted by Crippen LogP contribution is -2.42. The van der Waals surface area contributed by atoms with Crippen LogP contribution in [-0.2, 0) is 22.6 Å². The molecule has 4 rings (SSSR count). The molecule has 0 aliphatic carbocycles. The largest absolute Gasteiger partial charge is 0.383 e. The Labute approximate surface area is 207 Å². The van der Waals surface area contributed by atoms with E-state index in [4.69, 9.17) is 10.5 Å². The molecule has 0 unspecified atom stereocenters. The number of nitrogens with two attached hydrogens (primary N) is 1. The number of amides is 2. The van der Waals surface area contributed by atoms with Crippen molar-refractivity contribution in [3.05, 3.63) is 98.7 Å². The van der Waals surface area contributed by atoms with Crippen LogP contribution in [0.4, 0.5) is 11.5 Å². The summed E-state index contributed by atoms with van der Waals surface area (Å²) >= 11 is 0. The number of aromatic amines is 1. The molecule has 0 spiro atoms. The lowest BCUT2D eigenvalue weighted by Gasteiger charge is -2.26. The molecule has 0 radical (unpaired) electrons. The zero-order valence-electron chi connectivity index (χ0n) is 19.9. The van der Waals surface area contributed by atoms with Gasteiger partial charge in [-0.25, -0.2) is 4.79 Å². The number of anilines is 2. The van der Waals surface area contributed by atoms with E-state index in [1.165, 1.54) is 16.9 Å². The summed E-state index contributed by atoms with van der Waals surface area (Å²) in [5, 5.41) is 0. The molecule has 1 aliphatic heterocycles. The van der Waals surface area contributed by atoms with Gasteiger partial charge in [0, 0.05) is 36.9 Å². The fourth-order valence-corrected chi connectivity index (χ4v) is 4.21. The summed E-state index contributed by atoms with van der Waals surface area (Å²) < 4.78 is 6.20. The minimum Gasteiger partial charge on any atom is -0.383 e. The first-order valence-electron chi connectivity index (χ1n) is 11.4. The minimum atomic E-state index is -0.774. The van der Waals surface area contributed by atoms with Crippen molar-refractivity contribution in [2.75, 3.05) is 30.9 Å². The van der Waals surface area contributed by atoms with Crippen molar-refractivity contribution in [1.29, 1.82) is 0 Å². The number of benzene rings is 2. The van der Waals surface area contributed by atoms with Crippen LogP contribution in [0.1, 0.15) is 27.9 Å². The topological polar surface area (TPSA) is 131 Å². The third-order valence-corrected chi connectivity index (χ3v) is 6.08. The second-order valence-electron chi connectivity index (χ2n) is 8.30. The van der Waals surface area contributed by atoms with Crippen molar-refractivity contribution >= 4 is 29.0 Å². The fourth-order valence-electron chi connectivity index (χ4n) is 4.21.